The number of methoxy groups -OCH3 is 2. The molecule has 0 amide bonds. The Labute approximate surface area is 190 Å². The van der Waals surface area contributed by atoms with Crippen LogP contribution in [0.25, 0.3) is 6.08 Å². The van der Waals surface area contributed by atoms with Crippen molar-refractivity contribution in [2.45, 2.75) is 6.61 Å². The van der Waals surface area contributed by atoms with Gasteiger partial charge in [-0.15, -0.1) is 0 Å². The average molecular weight is 480 g/mol. The fourth-order valence-corrected chi connectivity index (χ4v) is 2.98. The van der Waals surface area contributed by atoms with E-state index >= 15 is 0 Å². The molecule has 3 rings (SSSR count). The van der Waals surface area contributed by atoms with E-state index in [4.69, 9.17) is 14.2 Å². The van der Waals surface area contributed by atoms with Gasteiger partial charge in [-0.3, -0.25) is 4.79 Å². The number of carbonyl (C=O) groups is 1. The number of carbonyl (C=O) groups excluding carboxylic acids is 1. The van der Waals surface area contributed by atoms with Crippen molar-refractivity contribution in [1.82, 2.24) is 0 Å². The molecule has 0 unspecified atom stereocenters. The van der Waals surface area contributed by atoms with Crippen LogP contribution in [0.5, 0.6) is 23.0 Å². The molecular formula is C24H17F5O5. The first-order chi connectivity index (χ1) is 16.2. The van der Waals surface area contributed by atoms with Crippen LogP contribution in [0, 0.1) is 29.1 Å². The summed E-state index contributed by atoms with van der Waals surface area (Å²) in [6.45, 7) is -0.591. The lowest BCUT2D eigenvalue weighted by atomic mass is 10.1. The van der Waals surface area contributed by atoms with Crippen LogP contribution >= 0.6 is 0 Å². The maximum Gasteiger partial charge on any atom is 0.207 e. The molecule has 0 spiro atoms. The van der Waals surface area contributed by atoms with Crippen molar-refractivity contribution < 1.29 is 46.1 Å². The fraction of sp³-hybridized carbons (Fsp3) is 0.125. The van der Waals surface area contributed by atoms with E-state index in [1.165, 1.54) is 56.7 Å². The second-order valence-corrected chi connectivity index (χ2v) is 6.84. The zero-order chi connectivity index (χ0) is 25.0. The topological polar surface area (TPSA) is 65.0 Å². The van der Waals surface area contributed by atoms with Crippen LogP contribution in [0.2, 0.25) is 0 Å². The normalized spacial score (nSPS) is 11.0. The highest BCUT2D eigenvalue weighted by Crippen LogP contribution is 2.31. The number of hydrogen-bond donors (Lipinski definition) is 1. The number of rotatable bonds is 8. The molecule has 0 atom stereocenters. The fourth-order valence-electron chi connectivity index (χ4n) is 2.98. The summed E-state index contributed by atoms with van der Waals surface area (Å²) in [5, 5.41) is 9.63. The van der Waals surface area contributed by atoms with E-state index < -0.39 is 47.2 Å². The van der Waals surface area contributed by atoms with Crippen LogP contribution in [0.1, 0.15) is 21.5 Å². The minimum Gasteiger partial charge on any atom is -0.504 e. The Balaban J connectivity index is 1.84. The predicted octanol–water partition coefficient (Wildman–Crippen LogP) is 5.58. The lowest BCUT2D eigenvalue weighted by Crippen LogP contribution is -2.07. The van der Waals surface area contributed by atoms with Gasteiger partial charge in [-0.2, -0.15) is 8.78 Å². The molecular weight excluding hydrogens is 463 g/mol. The van der Waals surface area contributed by atoms with E-state index in [0.717, 1.165) is 0 Å². The van der Waals surface area contributed by atoms with Gasteiger partial charge in [0.25, 0.3) is 0 Å². The lowest BCUT2D eigenvalue weighted by Gasteiger charge is -2.13. The highest BCUT2D eigenvalue weighted by Gasteiger charge is 2.27. The van der Waals surface area contributed by atoms with Gasteiger partial charge in [0.15, 0.2) is 23.0 Å². The molecule has 0 aliphatic heterocycles. The van der Waals surface area contributed by atoms with Crippen LogP contribution in [-0.2, 0) is 6.61 Å². The molecule has 0 aliphatic carbocycles. The first-order valence-corrected chi connectivity index (χ1v) is 9.58. The van der Waals surface area contributed by atoms with Gasteiger partial charge < -0.3 is 19.3 Å². The quantitative estimate of drug-likeness (QED) is 0.150. The molecule has 0 saturated carbocycles. The molecule has 0 aromatic heterocycles. The minimum absolute atomic E-state index is 0.122. The van der Waals surface area contributed by atoms with Crippen molar-refractivity contribution in [2.75, 3.05) is 14.2 Å². The summed E-state index contributed by atoms with van der Waals surface area (Å²) in [6, 6.07) is 8.57. The van der Waals surface area contributed by atoms with Gasteiger partial charge in [0.1, 0.15) is 12.4 Å². The molecule has 0 aliphatic rings. The first kappa shape index (κ1) is 24.6. The SMILES string of the molecule is COc1cc(C(=O)/C=C/c2ccc(OC)c(COc3c(F)c(F)c(F)c(F)c3F)c2)ccc1O. The smallest absolute Gasteiger partial charge is 0.207 e. The summed E-state index contributed by atoms with van der Waals surface area (Å²) in [7, 11) is 2.65. The number of phenols is 1. The van der Waals surface area contributed by atoms with Gasteiger partial charge in [-0.25, -0.2) is 13.2 Å². The number of halogens is 5. The monoisotopic (exact) mass is 480 g/mol. The van der Waals surface area contributed by atoms with Gasteiger partial charge in [-0.1, -0.05) is 12.1 Å². The minimum atomic E-state index is -2.29. The van der Waals surface area contributed by atoms with Crippen molar-refractivity contribution in [2.24, 2.45) is 0 Å². The molecule has 0 saturated heterocycles. The predicted molar refractivity (Wildman–Crippen MR) is 112 cm³/mol. The van der Waals surface area contributed by atoms with Crippen LogP contribution in [0.3, 0.4) is 0 Å². The Bertz CT molecular complexity index is 1240. The highest BCUT2D eigenvalue weighted by atomic mass is 19.2. The Hall–Kier alpha value is -4.08. The van der Waals surface area contributed by atoms with Crippen molar-refractivity contribution in [3.63, 3.8) is 0 Å². The van der Waals surface area contributed by atoms with Crippen molar-refractivity contribution >= 4 is 11.9 Å². The molecule has 0 bridgehead atoms. The number of benzene rings is 3. The number of phenolic OH excluding ortho intramolecular Hbond substituents is 1. The van der Waals surface area contributed by atoms with E-state index in [-0.39, 0.29) is 28.4 Å². The van der Waals surface area contributed by atoms with Gasteiger partial charge in [0.05, 0.1) is 14.2 Å². The number of ketones is 1. The number of ether oxygens (including phenoxy) is 3. The zero-order valence-electron chi connectivity index (χ0n) is 17.8. The molecule has 3 aromatic rings. The Morgan fingerprint density at radius 1 is 0.853 bits per heavy atom. The number of aromatic hydroxyl groups is 1. The first-order valence-electron chi connectivity index (χ1n) is 9.58. The van der Waals surface area contributed by atoms with Gasteiger partial charge in [0.2, 0.25) is 29.1 Å². The molecule has 5 nitrogen and oxygen atoms in total. The molecule has 34 heavy (non-hydrogen) atoms. The molecule has 178 valence electrons. The third-order valence-corrected chi connectivity index (χ3v) is 4.74. The van der Waals surface area contributed by atoms with Crippen molar-refractivity contribution in [3.05, 3.63) is 88.3 Å². The summed E-state index contributed by atoms with van der Waals surface area (Å²) in [5.41, 5.74) is 0.914. The summed E-state index contributed by atoms with van der Waals surface area (Å²) in [4.78, 5) is 12.4. The molecule has 0 fully saturated rings. The highest BCUT2D eigenvalue weighted by molar-refractivity contribution is 6.07. The van der Waals surface area contributed by atoms with Crippen LogP contribution in [0.4, 0.5) is 22.0 Å². The van der Waals surface area contributed by atoms with Gasteiger partial charge >= 0.3 is 0 Å². The van der Waals surface area contributed by atoms with Crippen LogP contribution in [-0.4, -0.2) is 25.1 Å². The van der Waals surface area contributed by atoms with E-state index in [1.54, 1.807) is 6.07 Å². The number of allylic oxidation sites excluding steroid dienone is 1. The molecule has 0 radical (unpaired) electrons. The second-order valence-electron chi connectivity index (χ2n) is 6.84. The Kier molecular flexibility index (Phi) is 7.40. The van der Waals surface area contributed by atoms with Crippen LogP contribution < -0.4 is 14.2 Å². The maximum absolute atomic E-state index is 13.9. The standard InChI is InChI=1S/C24H17F5O5/c1-32-17-8-4-12(3-6-15(30)13-5-7-16(31)18(10-13)33-2)9-14(17)11-34-24-22(28)20(26)19(25)21(27)23(24)29/h3-10,31H,11H2,1-2H3/b6-3+. The van der Waals surface area contributed by atoms with E-state index in [2.05, 4.69) is 0 Å². The zero-order valence-corrected chi connectivity index (χ0v) is 17.8. The second kappa shape index (κ2) is 10.2. The maximum atomic E-state index is 13.9. The van der Waals surface area contributed by atoms with E-state index in [9.17, 15) is 31.9 Å². The summed E-state index contributed by atoms with van der Waals surface area (Å²) in [6.07, 6.45) is 2.67. The molecule has 10 heteroatoms. The van der Waals surface area contributed by atoms with Crippen LogP contribution in [0.15, 0.2) is 42.5 Å². The lowest BCUT2D eigenvalue weighted by molar-refractivity contribution is 0.104. The third kappa shape index (κ3) is 4.95. The average Bonchev–Trinajstić information content (AvgIpc) is 2.85. The van der Waals surface area contributed by atoms with E-state index in [1.807, 2.05) is 0 Å². The summed E-state index contributed by atoms with van der Waals surface area (Å²) in [5.74, 6) is -12.3. The summed E-state index contributed by atoms with van der Waals surface area (Å²) >= 11 is 0. The largest absolute Gasteiger partial charge is 0.504 e. The molecule has 3 aromatic carbocycles. The van der Waals surface area contributed by atoms with Crippen molar-refractivity contribution in [1.29, 1.82) is 0 Å². The van der Waals surface area contributed by atoms with Gasteiger partial charge in [-0.05, 0) is 42.0 Å². The van der Waals surface area contributed by atoms with Crippen molar-refractivity contribution in [3.8, 4) is 23.0 Å². The summed E-state index contributed by atoms with van der Waals surface area (Å²) < 4.78 is 82.7. The Morgan fingerprint density at radius 3 is 2.09 bits per heavy atom. The third-order valence-electron chi connectivity index (χ3n) is 4.74. The molecule has 1 N–H and O–H groups in total. The Morgan fingerprint density at radius 2 is 1.47 bits per heavy atom. The molecule has 0 heterocycles. The van der Waals surface area contributed by atoms with E-state index in [0.29, 0.717) is 5.56 Å². The number of hydrogen-bond acceptors (Lipinski definition) is 5. The van der Waals surface area contributed by atoms with Gasteiger partial charge in [0, 0.05) is 11.1 Å².